The van der Waals surface area contributed by atoms with Gasteiger partial charge in [-0.3, -0.25) is 0 Å². The molecule has 3 heteroatoms. The fraction of sp³-hybridized carbons (Fsp3) is 1.00. The van der Waals surface area contributed by atoms with Crippen molar-refractivity contribution in [2.75, 3.05) is 19.7 Å². The largest absolute Gasteiger partial charge is 0.396 e. The van der Waals surface area contributed by atoms with Crippen LogP contribution in [-0.2, 0) is 0 Å². The quantitative estimate of drug-likeness (QED) is 0.621. The van der Waals surface area contributed by atoms with Crippen LogP contribution in [-0.4, -0.2) is 36.9 Å². The number of aliphatic hydroxyl groups excluding tert-OH is 1. The van der Waals surface area contributed by atoms with Crippen LogP contribution in [0.25, 0.3) is 0 Å². The van der Waals surface area contributed by atoms with E-state index in [9.17, 15) is 0 Å². The lowest BCUT2D eigenvalue weighted by molar-refractivity contribution is 0.152. The summed E-state index contributed by atoms with van der Waals surface area (Å²) in [4.78, 5) is 0. The lowest BCUT2D eigenvalue weighted by Crippen LogP contribution is -2.40. The van der Waals surface area contributed by atoms with E-state index in [1.165, 1.54) is 25.8 Å². The van der Waals surface area contributed by atoms with Gasteiger partial charge in [-0.15, -0.1) is 0 Å². The molecular weight excluding hydrogens is 188 g/mol. The molecule has 15 heavy (non-hydrogen) atoms. The van der Waals surface area contributed by atoms with E-state index in [1.807, 2.05) is 0 Å². The van der Waals surface area contributed by atoms with Crippen molar-refractivity contribution in [2.24, 2.45) is 5.41 Å². The summed E-state index contributed by atoms with van der Waals surface area (Å²) in [6.45, 7) is 8.71. The van der Waals surface area contributed by atoms with Crippen LogP contribution in [0.2, 0.25) is 0 Å². The zero-order valence-electron chi connectivity index (χ0n) is 10.3. The van der Waals surface area contributed by atoms with Gasteiger partial charge in [0.25, 0.3) is 0 Å². The normalized spacial score (nSPS) is 24.4. The van der Waals surface area contributed by atoms with Gasteiger partial charge in [0.05, 0.1) is 0 Å². The van der Waals surface area contributed by atoms with Crippen molar-refractivity contribution < 1.29 is 5.11 Å². The first kappa shape index (κ1) is 12.9. The van der Waals surface area contributed by atoms with Crippen LogP contribution in [0.15, 0.2) is 0 Å². The highest BCUT2D eigenvalue weighted by atomic mass is 16.3. The molecule has 0 spiro atoms. The lowest BCUT2D eigenvalue weighted by Gasteiger charge is -2.26. The Hall–Kier alpha value is -0.120. The molecule has 1 rings (SSSR count). The second kappa shape index (κ2) is 5.83. The molecule has 1 fully saturated rings. The summed E-state index contributed by atoms with van der Waals surface area (Å²) in [6, 6.07) is 1.23. The molecule has 2 unspecified atom stereocenters. The Morgan fingerprint density at radius 1 is 1.53 bits per heavy atom. The Bertz CT molecular complexity index is 176. The molecule has 3 N–H and O–H groups in total. The third-order valence-corrected chi connectivity index (χ3v) is 3.16. The van der Waals surface area contributed by atoms with E-state index < -0.39 is 0 Å². The molecule has 0 amide bonds. The van der Waals surface area contributed by atoms with Gasteiger partial charge in [0.15, 0.2) is 0 Å². The molecule has 0 aromatic rings. The van der Waals surface area contributed by atoms with Gasteiger partial charge in [-0.05, 0) is 32.7 Å². The molecule has 0 bridgehead atoms. The number of hydrogen-bond donors (Lipinski definition) is 3. The van der Waals surface area contributed by atoms with E-state index in [2.05, 4.69) is 31.4 Å². The van der Waals surface area contributed by atoms with Crippen molar-refractivity contribution in [1.29, 1.82) is 0 Å². The van der Waals surface area contributed by atoms with Gasteiger partial charge in [-0.25, -0.2) is 0 Å². The molecule has 1 aliphatic heterocycles. The van der Waals surface area contributed by atoms with E-state index >= 15 is 0 Å². The smallest absolute Gasteiger partial charge is 0.0494 e. The summed E-state index contributed by atoms with van der Waals surface area (Å²) < 4.78 is 0. The van der Waals surface area contributed by atoms with Crippen LogP contribution in [0.3, 0.4) is 0 Å². The SMILES string of the molecule is CC(CC1CCCN1)NCC(C)(C)CO. The third kappa shape index (κ3) is 4.96. The molecule has 0 aromatic carbocycles. The van der Waals surface area contributed by atoms with Crippen LogP contribution >= 0.6 is 0 Å². The maximum Gasteiger partial charge on any atom is 0.0494 e. The van der Waals surface area contributed by atoms with E-state index in [-0.39, 0.29) is 12.0 Å². The Balaban J connectivity index is 2.15. The van der Waals surface area contributed by atoms with E-state index in [0.717, 1.165) is 6.54 Å². The van der Waals surface area contributed by atoms with E-state index in [4.69, 9.17) is 5.11 Å². The van der Waals surface area contributed by atoms with E-state index in [1.54, 1.807) is 0 Å². The molecule has 1 heterocycles. The molecule has 0 radical (unpaired) electrons. The minimum absolute atomic E-state index is 0.00261. The van der Waals surface area contributed by atoms with Crippen molar-refractivity contribution >= 4 is 0 Å². The van der Waals surface area contributed by atoms with Crippen molar-refractivity contribution in [2.45, 2.75) is 52.1 Å². The van der Waals surface area contributed by atoms with Gasteiger partial charge in [0, 0.05) is 30.7 Å². The van der Waals surface area contributed by atoms with Gasteiger partial charge in [-0.2, -0.15) is 0 Å². The highest BCUT2D eigenvalue weighted by Gasteiger charge is 2.20. The molecule has 2 atom stereocenters. The Morgan fingerprint density at radius 2 is 2.27 bits per heavy atom. The monoisotopic (exact) mass is 214 g/mol. The zero-order valence-corrected chi connectivity index (χ0v) is 10.3. The standard InChI is InChI=1S/C12H26N2O/c1-10(7-11-5-4-6-13-11)14-8-12(2,3)9-15/h10-11,13-15H,4-9H2,1-3H3. The fourth-order valence-corrected chi connectivity index (χ4v) is 1.97. The van der Waals surface area contributed by atoms with Crippen LogP contribution in [0, 0.1) is 5.41 Å². The lowest BCUT2D eigenvalue weighted by atomic mass is 9.94. The van der Waals surface area contributed by atoms with E-state index in [0.29, 0.717) is 12.1 Å². The van der Waals surface area contributed by atoms with Crippen LogP contribution in [0.5, 0.6) is 0 Å². The molecule has 3 nitrogen and oxygen atoms in total. The molecule has 1 aliphatic rings. The maximum absolute atomic E-state index is 9.14. The summed E-state index contributed by atoms with van der Waals surface area (Å²) in [5, 5.41) is 16.1. The van der Waals surface area contributed by atoms with Crippen LogP contribution in [0.1, 0.15) is 40.0 Å². The average Bonchev–Trinajstić information content (AvgIpc) is 2.68. The van der Waals surface area contributed by atoms with Crippen LogP contribution in [0.4, 0.5) is 0 Å². The molecule has 0 saturated carbocycles. The van der Waals surface area contributed by atoms with Gasteiger partial charge < -0.3 is 15.7 Å². The second-order valence-corrected chi connectivity index (χ2v) is 5.63. The minimum Gasteiger partial charge on any atom is -0.396 e. The van der Waals surface area contributed by atoms with Crippen molar-refractivity contribution in [3.8, 4) is 0 Å². The summed E-state index contributed by atoms with van der Waals surface area (Å²) >= 11 is 0. The number of aliphatic hydroxyl groups is 1. The van der Waals surface area contributed by atoms with Gasteiger partial charge in [-0.1, -0.05) is 13.8 Å². The first-order valence-corrected chi connectivity index (χ1v) is 6.11. The average molecular weight is 214 g/mol. The maximum atomic E-state index is 9.14. The number of nitrogens with one attached hydrogen (secondary N) is 2. The minimum atomic E-state index is -0.00261. The zero-order chi connectivity index (χ0) is 11.3. The first-order valence-electron chi connectivity index (χ1n) is 6.11. The number of hydrogen-bond acceptors (Lipinski definition) is 3. The summed E-state index contributed by atoms with van der Waals surface area (Å²) in [5.41, 5.74) is -0.00261. The van der Waals surface area contributed by atoms with Crippen LogP contribution < -0.4 is 10.6 Å². The Kier molecular flexibility index (Phi) is 5.03. The van der Waals surface area contributed by atoms with Crippen molar-refractivity contribution in [3.63, 3.8) is 0 Å². The molecular formula is C12H26N2O. The van der Waals surface area contributed by atoms with Crippen molar-refractivity contribution in [3.05, 3.63) is 0 Å². The predicted octanol–water partition coefficient (Wildman–Crippen LogP) is 1.13. The highest BCUT2D eigenvalue weighted by molar-refractivity contribution is 4.80. The molecule has 0 aliphatic carbocycles. The Labute approximate surface area is 93.6 Å². The topological polar surface area (TPSA) is 44.3 Å². The predicted molar refractivity (Wildman–Crippen MR) is 64.0 cm³/mol. The van der Waals surface area contributed by atoms with Gasteiger partial charge >= 0.3 is 0 Å². The first-order chi connectivity index (χ1) is 7.03. The molecule has 90 valence electrons. The van der Waals surface area contributed by atoms with Gasteiger partial charge in [0.2, 0.25) is 0 Å². The summed E-state index contributed by atoms with van der Waals surface area (Å²) in [6.07, 6.45) is 3.83. The molecule has 1 saturated heterocycles. The summed E-state index contributed by atoms with van der Waals surface area (Å²) in [7, 11) is 0. The Morgan fingerprint density at radius 3 is 2.80 bits per heavy atom. The highest BCUT2D eigenvalue weighted by Crippen LogP contribution is 2.14. The van der Waals surface area contributed by atoms with Crippen molar-refractivity contribution in [1.82, 2.24) is 10.6 Å². The molecule has 0 aromatic heterocycles. The third-order valence-electron chi connectivity index (χ3n) is 3.16. The second-order valence-electron chi connectivity index (χ2n) is 5.63. The summed E-state index contributed by atoms with van der Waals surface area (Å²) in [5.74, 6) is 0. The fourth-order valence-electron chi connectivity index (χ4n) is 1.97. The van der Waals surface area contributed by atoms with Gasteiger partial charge in [0.1, 0.15) is 0 Å². The number of rotatable bonds is 6.